The van der Waals surface area contributed by atoms with Crippen LogP contribution in [0.3, 0.4) is 0 Å². The van der Waals surface area contributed by atoms with E-state index in [2.05, 4.69) is 6.92 Å². The summed E-state index contributed by atoms with van der Waals surface area (Å²) in [6.07, 6.45) is 1.67. The van der Waals surface area contributed by atoms with Gasteiger partial charge in [-0.25, -0.2) is 0 Å². The van der Waals surface area contributed by atoms with Crippen LogP contribution in [0.5, 0.6) is 5.75 Å². The number of benzene rings is 1. The number of halogens is 1. The Morgan fingerprint density at radius 1 is 1.37 bits per heavy atom. The van der Waals surface area contributed by atoms with Crippen LogP contribution in [0.4, 0.5) is 0 Å². The molecule has 98 valence electrons. The Balaban J connectivity index is 2.33. The van der Waals surface area contributed by atoms with Crippen LogP contribution < -0.4 is 4.74 Å². The van der Waals surface area contributed by atoms with Crippen molar-refractivity contribution in [2.24, 2.45) is 0 Å². The van der Waals surface area contributed by atoms with Crippen molar-refractivity contribution in [3.63, 3.8) is 0 Å². The van der Waals surface area contributed by atoms with Crippen LogP contribution in [0, 0.1) is 0 Å². The van der Waals surface area contributed by atoms with E-state index in [1.807, 2.05) is 29.7 Å². The van der Waals surface area contributed by atoms with Gasteiger partial charge in [0.2, 0.25) is 0 Å². The summed E-state index contributed by atoms with van der Waals surface area (Å²) in [5.41, 5.74) is 2.03. The van der Waals surface area contributed by atoms with Gasteiger partial charge in [0.25, 0.3) is 0 Å². The molecule has 2 aromatic rings. The van der Waals surface area contributed by atoms with Gasteiger partial charge in [0.05, 0.1) is 17.1 Å². The van der Waals surface area contributed by atoms with Crippen LogP contribution in [-0.2, 0) is 5.60 Å². The van der Waals surface area contributed by atoms with E-state index in [4.69, 9.17) is 16.3 Å². The van der Waals surface area contributed by atoms with E-state index >= 15 is 0 Å². The molecule has 0 aliphatic carbocycles. The van der Waals surface area contributed by atoms with Crippen molar-refractivity contribution >= 4 is 17.9 Å². The molecule has 3 nitrogen and oxygen atoms in total. The number of aldehydes is 1. The third kappa shape index (κ3) is 1.69. The number of nitrogens with zero attached hydrogens (tertiary/aromatic N) is 1. The first-order chi connectivity index (χ1) is 9.09. The number of aromatic nitrogens is 1. The normalized spacial score (nSPS) is 20.4. The number of fused-ring (bicyclic) bond motifs is 3. The van der Waals surface area contributed by atoms with E-state index in [0.29, 0.717) is 16.5 Å². The first-order valence-electron chi connectivity index (χ1n) is 6.25. The van der Waals surface area contributed by atoms with Gasteiger partial charge in [-0.1, -0.05) is 18.5 Å². The van der Waals surface area contributed by atoms with Gasteiger partial charge in [0.1, 0.15) is 11.4 Å². The fraction of sp³-hybridized carbons (Fsp3) is 0.267. The highest BCUT2D eigenvalue weighted by Crippen LogP contribution is 2.42. The molecule has 1 aliphatic rings. The van der Waals surface area contributed by atoms with E-state index in [1.54, 1.807) is 12.1 Å². The molecule has 19 heavy (non-hydrogen) atoms. The van der Waals surface area contributed by atoms with E-state index in [-0.39, 0.29) is 0 Å². The van der Waals surface area contributed by atoms with Crippen molar-refractivity contribution in [3.8, 4) is 11.4 Å². The third-order valence-electron chi connectivity index (χ3n) is 3.75. The fourth-order valence-corrected chi connectivity index (χ4v) is 2.69. The van der Waals surface area contributed by atoms with Gasteiger partial charge < -0.3 is 9.30 Å². The van der Waals surface area contributed by atoms with E-state index in [0.717, 1.165) is 24.1 Å². The van der Waals surface area contributed by atoms with Crippen LogP contribution in [0.1, 0.15) is 36.5 Å². The molecule has 0 bridgehead atoms. The summed E-state index contributed by atoms with van der Waals surface area (Å²) >= 11 is 6.03. The quantitative estimate of drug-likeness (QED) is 0.777. The Hall–Kier alpha value is -1.74. The molecule has 0 saturated heterocycles. The average Bonchev–Trinajstić information content (AvgIpc) is 2.83. The molecular weight excluding hydrogens is 262 g/mol. The van der Waals surface area contributed by atoms with Crippen LogP contribution in [0.15, 0.2) is 30.3 Å². The molecule has 0 radical (unpaired) electrons. The highest BCUT2D eigenvalue weighted by atomic mass is 35.5. The highest BCUT2D eigenvalue weighted by Gasteiger charge is 2.36. The molecule has 1 aliphatic heterocycles. The first kappa shape index (κ1) is 12.3. The van der Waals surface area contributed by atoms with Gasteiger partial charge >= 0.3 is 0 Å². The van der Waals surface area contributed by atoms with E-state index in [1.165, 1.54) is 0 Å². The maximum Gasteiger partial charge on any atom is 0.166 e. The van der Waals surface area contributed by atoms with Crippen molar-refractivity contribution < 1.29 is 9.53 Å². The molecule has 0 saturated carbocycles. The van der Waals surface area contributed by atoms with Crippen molar-refractivity contribution in [2.45, 2.75) is 25.9 Å². The Labute approximate surface area is 116 Å². The highest BCUT2D eigenvalue weighted by molar-refractivity contribution is 6.30. The molecule has 0 spiro atoms. The maximum atomic E-state index is 11.2. The average molecular weight is 276 g/mol. The minimum absolute atomic E-state index is 0.445. The summed E-state index contributed by atoms with van der Waals surface area (Å²) in [4.78, 5) is 11.2. The summed E-state index contributed by atoms with van der Waals surface area (Å²) < 4.78 is 8.06. The molecule has 1 aromatic carbocycles. The minimum atomic E-state index is -0.445. The van der Waals surface area contributed by atoms with E-state index in [9.17, 15) is 4.79 Å². The smallest absolute Gasteiger partial charge is 0.166 e. The minimum Gasteiger partial charge on any atom is -0.479 e. The topological polar surface area (TPSA) is 31.2 Å². The van der Waals surface area contributed by atoms with Gasteiger partial charge in [-0.05, 0) is 37.6 Å². The number of ether oxygens (including phenoxy) is 1. The Kier molecular flexibility index (Phi) is 2.68. The summed E-state index contributed by atoms with van der Waals surface area (Å²) in [5.74, 6) is 0.712. The monoisotopic (exact) mass is 275 g/mol. The standard InChI is InChI=1S/C15H14ClNO2/c1-3-15(2)14-7-5-11(9-18)17(14)12-6-4-10(16)8-13(12)19-15/h4-9H,3H2,1-2H3. The second-order valence-electron chi connectivity index (χ2n) is 4.90. The molecule has 4 heteroatoms. The second-order valence-corrected chi connectivity index (χ2v) is 5.33. The van der Waals surface area contributed by atoms with Gasteiger partial charge in [0.15, 0.2) is 6.29 Å². The summed E-state index contributed by atoms with van der Waals surface area (Å²) in [6, 6.07) is 9.25. The molecule has 3 rings (SSSR count). The first-order valence-corrected chi connectivity index (χ1v) is 6.63. The van der Waals surface area contributed by atoms with Crippen LogP contribution in [-0.4, -0.2) is 10.9 Å². The molecule has 1 aromatic heterocycles. The lowest BCUT2D eigenvalue weighted by Crippen LogP contribution is -2.35. The number of carbonyl (C=O) groups is 1. The molecule has 1 atom stereocenters. The zero-order valence-electron chi connectivity index (χ0n) is 10.8. The fourth-order valence-electron chi connectivity index (χ4n) is 2.53. The second kappa shape index (κ2) is 4.14. The summed E-state index contributed by atoms with van der Waals surface area (Å²) in [5, 5.41) is 0.625. The lowest BCUT2D eigenvalue weighted by molar-refractivity contribution is 0.0670. The molecule has 2 heterocycles. The van der Waals surface area contributed by atoms with Crippen LogP contribution in [0.25, 0.3) is 5.69 Å². The zero-order chi connectivity index (χ0) is 13.6. The Morgan fingerprint density at radius 3 is 2.84 bits per heavy atom. The van der Waals surface area contributed by atoms with Gasteiger partial charge in [-0.3, -0.25) is 4.79 Å². The molecular formula is C15H14ClNO2. The lowest BCUT2D eigenvalue weighted by atomic mass is 9.96. The lowest BCUT2D eigenvalue weighted by Gasteiger charge is -2.36. The van der Waals surface area contributed by atoms with Crippen molar-refractivity contribution in [1.82, 2.24) is 4.57 Å². The number of carbonyl (C=O) groups excluding carboxylic acids is 1. The number of hydrogen-bond acceptors (Lipinski definition) is 2. The zero-order valence-corrected chi connectivity index (χ0v) is 11.6. The van der Waals surface area contributed by atoms with Crippen molar-refractivity contribution in [3.05, 3.63) is 46.7 Å². The largest absolute Gasteiger partial charge is 0.479 e. The Morgan fingerprint density at radius 2 is 2.16 bits per heavy atom. The predicted molar refractivity (Wildman–Crippen MR) is 74.4 cm³/mol. The van der Waals surface area contributed by atoms with Gasteiger partial charge in [0, 0.05) is 11.1 Å². The summed E-state index contributed by atoms with van der Waals surface area (Å²) in [7, 11) is 0. The van der Waals surface area contributed by atoms with Crippen LogP contribution >= 0.6 is 11.6 Å². The summed E-state index contributed by atoms with van der Waals surface area (Å²) in [6.45, 7) is 4.09. The van der Waals surface area contributed by atoms with Crippen molar-refractivity contribution in [1.29, 1.82) is 0 Å². The van der Waals surface area contributed by atoms with Crippen molar-refractivity contribution in [2.75, 3.05) is 0 Å². The molecule has 1 unspecified atom stereocenters. The van der Waals surface area contributed by atoms with E-state index < -0.39 is 5.60 Å². The van der Waals surface area contributed by atoms with Gasteiger partial charge in [-0.15, -0.1) is 0 Å². The molecule has 0 N–H and O–H groups in total. The molecule has 0 fully saturated rings. The number of hydrogen-bond donors (Lipinski definition) is 0. The Bertz CT molecular complexity index is 662. The SMILES string of the molecule is CCC1(C)Oc2cc(Cl)ccc2-n2c(C=O)ccc21. The third-order valence-corrected chi connectivity index (χ3v) is 3.98. The van der Waals surface area contributed by atoms with Gasteiger partial charge in [-0.2, -0.15) is 0 Å². The predicted octanol–water partition coefficient (Wildman–Crippen LogP) is 3.96. The molecule has 0 amide bonds. The number of rotatable bonds is 2. The van der Waals surface area contributed by atoms with Crippen LogP contribution in [0.2, 0.25) is 5.02 Å². The maximum absolute atomic E-state index is 11.2.